The molecule has 21 heavy (non-hydrogen) atoms. The lowest BCUT2D eigenvalue weighted by Gasteiger charge is -2.25. The molecule has 1 heterocycles. The summed E-state index contributed by atoms with van der Waals surface area (Å²) >= 11 is 0. The van der Waals surface area contributed by atoms with Gasteiger partial charge < -0.3 is 9.47 Å². The number of carbonyl (C=O) groups excluding carboxylic acids is 2. The van der Waals surface area contributed by atoms with E-state index in [0.29, 0.717) is 4.90 Å². The molecule has 0 unspecified atom stereocenters. The van der Waals surface area contributed by atoms with Crippen LogP contribution >= 0.6 is 0 Å². The van der Waals surface area contributed by atoms with E-state index in [1.54, 1.807) is 40.0 Å². The third-order valence-corrected chi connectivity index (χ3v) is 2.14. The van der Waals surface area contributed by atoms with Gasteiger partial charge in [-0.15, -0.1) is 4.90 Å². The summed E-state index contributed by atoms with van der Waals surface area (Å²) in [6.45, 7) is 6.86. The van der Waals surface area contributed by atoms with Gasteiger partial charge in [-0.1, -0.05) is 0 Å². The van der Waals surface area contributed by atoms with Gasteiger partial charge in [0.1, 0.15) is 5.60 Å². The van der Waals surface area contributed by atoms with Crippen molar-refractivity contribution in [2.75, 3.05) is 13.7 Å². The second-order valence-electron chi connectivity index (χ2n) is 4.99. The first-order valence-electron chi connectivity index (χ1n) is 6.46. The van der Waals surface area contributed by atoms with Crippen molar-refractivity contribution < 1.29 is 19.1 Å². The molecule has 0 radical (unpaired) electrons. The molecule has 8 nitrogen and oxygen atoms in total. The summed E-state index contributed by atoms with van der Waals surface area (Å²) in [6.07, 6.45) is 1.31. The minimum Gasteiger partial charge on any atom is -0.449 e. The molecule has 0 N–H and O–H groups in total. The van der Waals surface area contributed by atoms with Crippen molar-refractivity contribution in [2.24, 2.45) is 4.99 Å². The molecule has 116 valence electrons. The first-order valence-corrected chi connectivity index (χ1v) is 6.46. The summed E-state index contributed by atoms with van der Waals surface area (Å²) in [5, 5.41) is 3.96. The number of hydrogen-bond donors (Lipinski definition) is 0. The van der Waals surface area contributed by atoms with Crippen LogP contribution in [0.3, 0.4) is 0 Å². The fourth-order valence-electron chi connectivity index (χ4n) is 1.43. The number of hydrogen-bond acceptors (Lipinski definition) is 6. The number of carbonyl (C=O) groups is 2. The first-order chi connectivity index (χ1) is 9.80. The number of aromatic nitrogens is 2. The Morgan fingerprint density at radius 2 is 2.00 bits per heavy atom. The molecule has 0 aliphatic heterocycles. The van der Waals surface area contributed by atoms with Crippen molar-refractivity contribution in [3.05, 3.63) is 18.5 Å². The number of nitrogens with zero attached hydrogens (tertiary/aromatic N) is 4. The van der Waals surface area contributed by atoms with E-state index in [1.807, 2.05) is 0 Å². The van der Waals surface area contributed by atoms with E-state index in [0.717, 1.165) is 0 Å². The van der Waals surface area contributed by atoms with E-state index in [-0.39, 0.29) is 12.6 Å². The molecule has 0 atom stereocenters. The van der Waals surface area contributed by atoms with Gasteiger partial charge in [-0.2, -0.15) is 5.10 Å². The minimum absolute atomic E-state index is 0.00676. The maximum absolute atomic E-state index is 12.3. The highest BCUT2D eigenvalue weighted by Crippen LogP contribution is 2.12. The molecule has 1 rings (SSSR count). The monoisotopic (exact) mass is 296 g/mol. The van der Waals surface area contributed by atoms with Crippen LogP contribution < -0.4 is 0 Å². The standard InChI is InChI=1S/C13H20N4O4/c1-6-20-11(18)17(12(19)21-13(2,3)4)10(14-5)16-9-7-8-15-16/h7-9H,6H2,1-5H3. The number of amides is 2. The van der Waals surface area contributed by atoms with Crippen molar-refractivity contribution in [2.45, 2.75) is 33.3 Å². The maximum Gasteiger partial charge on any atom is 0.427 e. The zero-order valence-corrected chi connectivity index (χ0v) is 12.9. The number of rotatable bonds is 1. The normalized spacial score (nSPS) is 12.0. The lowest BCUT2D eigenvalue weighted by Crippen LogP contribution is -2.47. The van der Waals surface area contributed by atoms with Gasteiger partial charge in [-0.3, -0.25) is 4.99 Å². The average Bonchev–Trinajstić information content (AvgIpc) is 2.86. The second-order valence-corrected chi connectivity index (χ2v) is 4.99. The first kappa shape index (κ1) is 16.7. The lowest BCUT2D eigenvalue weighted by molar-refractivity contribution is 0.0340. The van der Waals surface area contributed by atoms with E-state index in [4.69, 9.17) is 9.47 Å². The fraction of sp³-hybridized carbons (Fsp3) is 0.538. The largest absolute Gasteiger partial charge is 0.449 e. The van der Waals surface area contributed by atoms with Crippen LogP contribution in [-0.4, -0.2) is 52.1 Å². The number of imide groups is 1. The SMILES string of the molecule is CCOC(=O)N(C(=O)OC(C)(C)C)C(=NC)n1cccn1. The van der Waals surface area contributed by atoms with Crippen LogP contribution in [0.5, 0.6) is 0 Å². The van der Waals surface area contributed by atoms with Gasteiger partial charge in [0.2, 0.25) is 5.96 Å². The van der Waals surface area contributed by atoms with Gasteiger partial charge in [-0.05, 0) is 33.8 Å². The number of ether oxygens (including phenoxy) is 2. The van der Waals surface area contributed by atoms with Gasteiger partial charge in [-0.25, -0.2) is 14.3 Å². The summed E-state index contributed by atoms with van der Waals surface area (Å²) in [7, 11) is 1.44. The molecule has 2 amide bonds. The Morgan fingerprint density at radius 1 is 1.33 bits per heavy atom. The highest BCUT2D eigenvalue weighted by molar-refractivity contribution is 6.08. The van der Waals surface area contributed by atoms with Crippen molar-refractivity contribution >= 4 is 18.1 Å². The maximum atomic E-state index is 12.3. The van der Waals surface area contributed by atoms with E-state index in [2.05, 4.69) is 10.1 Å². The summed E-state index contributed by atoms with van der Waals surface area (Å²) in [6, 6.07) is 1.64. The predicted molar refractivity (Wildman–Crippen MR) is 76.1 cm³/mol. The minimum atomic E-state index is -0.878. The number of aliphatic imine (C=N–C) groups is 1. The van der Waals surface area contributed by atoms with E-state index >= 15 is 0 Å². The van der Waals surface area contributed by atoms with Crippen molar-refractivity contribution in [3.8, 4) is 0 Å². The summed E-state index contributed by atoms with van der Waals surface area (Å²) in [5.74, 6) is -0.00676. The highest BCUT2D eigenvalue weighted by atomic mass is 16.6. The Morgan fingerprint density at radius 3 is 2.43 bits per heavy atom. The van der Waals surface area contributed by atoms with E-state index in [1.165, 1.54) is 17.9 Å². The quantitative estimate of drug-likeness (QED) is 0.585. The third kappa shape index (κ3) is 4.59. The van der Waals surface area contributed by atoms with Crippen LogP contribution in [0.15, 0.2) is 23.5 Å². The zero-order valence-electron chi connectivity index (χ0n) is 12.9. The van der Waals surface area contributed by atoms with Crippen LogP contribution in [-0.2, 0) is 9.47 Å². The smallest absolute Gasteiger partial charge is 0.427 e. The van der Waals surface area contributed by atoms with Crippen LogP contribution in [0, 0.1) is 0 Å². The van der Waals surface area contributed by atoms with Gasteiger partial charge in [0, 0.05) is 19.4 Å². The van der Waals surface area contributed by atoms with Crippen molar-refractivity contribution in [3.63, 3.8) is 0 Å². The van der Waals surface area contributed by atoms with Gasteiger partial charge in [0.25, 0.3) is 0 Å². The Balaban J connectivity index is 3.13. The van der Waals surface area contributed by atoms with Gasteiger partial charge in [0.15, 0.2) is 0 Å². The van der Waals surface area contributed by atoms with Crippen LogP contribution in [0.25, 0.3) is 0 Å². The highest BCUT2D eigenvalue weighted by Gasteiger charge is 2.33. The molecule has 0 aliphatic carbocycles. The Hall–Kier alpha value is -2.38. The summed E-state index contributed by atoms with van der Waals surface area (Å²) < 4.78 is 11.4. The Kier molecular flexibility index (Phi) is 5.45. The van der Waals surface area contributed by atoms with Crippen LogP contribution in [0.4, 0.5) is 9.59 Å². The molecule has 1 aromatic rings. The molecule has 0 saturated carbocycles. The molecular weight excluding hydrogens is 276 g/mol. The fourth-order valence-corrected chi connectivity index (χ4v) is 1.43. The van der Waals surface area contributed by atoms with E-state index < -0.39 is 17.8 Å². The molecule has 0 saturated heterocycles. The van der Waals surface area contributed by atoms with Crippen LogP contribution in [0.2, 0.25) is 0 Å². The van der Waals surface area contributed by atoms with E-state index in [9.17, 15) is 9.59 Å². The Labute approximate surface area is 123 Å². The molecular formula is C13H20N4O4. The second kappa shape index (κ2) is 6.87. The zero-order chi connectivity index (χ0) is 16.0. The Bertz CT molecular complexity index is 517. The molecule has 0 fully saturated rings. The topological polar surface area (TPSA) is 86.0 Å². The van der Waals surface area contributed by atoms with Crippen molar-refractivity contribution in [1.82, 2.24) is 14.7 Å². The predicted octanol–water partition coefficient (Wildman–Crippen LogP) is 2.11. The average molecular weight is 296 g/mol. The van der Waals surface area contributed by atoms with Gasteiger partial charge >= 0.3 is 12.2 Å². The molecule has 1 aromatic heterocycles. The molecule has 0 bridgehead atoms. The van der Waals surface area contributed by atoms with Crippen molar-refractivity contribution in [1.29, 1.82) is 0 Å². The summed E-state index contributed by atoms with van der Waals surface area (Å²) in [4.78, 5) is 28.9. The summed E-state index contributed by atoms with van der Waals surface area (Å²) in [5.41, 5.74) is -0.759. The molecule has 8 heteroatoms. The molecule has 0 aromatic carbocycles. The molecule has 0 spiro atoms. The van der Waals surface area contributed by atoms with Gasteiger partial charge in [0.05, 0.1) is 6.61 Å². The van der Waals surface area contributed by atoms with Crippen LogP contribution in [0.1, 0.15) is 27.7 Å². The lowest BCUT2D eigenvalue weighted by atomic mass is 10.2. The third-order valence-electron chi connectivity index (χ3n) is 2.14. The molecule has 0 aliphatic rings.